The number of piperazine rings is 1. The molecule has 1 aliphatic heterocycles. The minimum Gasteiger partial charge on any atom is -0.477 e. The maximum absolute atomic E-state index is 13.5. The van der Waals surface area contributed by atoms with Crippen LogP contribution in [0, 0.1) is 0 Å². The van der Waals surface area contributed by atoms with Crippen molar-refractivity contribution in [2.45, 2.75) is 6.54 Å². The lowest BCUT2D eigenvalue weighted by Gasteiger charge is -2.37. The number of carbonyl (C=O) groups excluding carboxylic acids is 1. The van der Waals surface area contributed by atoms with Crippen molar-refractivity contribution in [1.29, 1.82) is 0 Å². The van der Waals surface area contributed by atoms with Crippen molar-refractivity contribution in [3.8, 4) is 0 Å². The second-order valence-corrected chi connectivity index (χ2v) is 8.27. The van der Waals surface area contributed by atoms with Gasteiger partial charge >= 0.3 is 5.97 Å². The molecule has 0 saturated carbocycles. The van der Waals surface area contributed by atoms with Crippen molar-refractivity contribution in [3.05, 3.63) is 100 Å². The molecule has 0 aliphatic carbocycles. The van der Waals surface area contributed by atoms with E-state index in [0.717, 1.165) is 5.56 Å². The predicted octanol–water partition coefficient (Wildman–Crippen LogP) is 2.50. The molecule has 9 nitrogen and oxygen atoms in total. The molecule has 0 unspecified atom stereocenters. The molecule has 0 radical (unpaired) electrons. The molecule has 4 aromatic rings. The smallest absolute Gasteiger partial charge is 0.343 e. The number of benzene rings is 1. The van der Waals surface area contributed by atoms with Crippen LogP contribution in [0.4, 0.5) is 5.69 Å². The van der Waals surface area contributed by atoms with Crippen LogP contribution in [0.5, 0.6) is 0 Å². The molecule has 0 bridgehead atoms. The summed E-state index contributed by atoms with van der Waals surface area (Å²) in [7, 11) is 0. The van der Waals surface area contributed by atoms with Gasteiger partial charge in [-0.3, -0.25) is 19.1 Å². The van der Waals surface area contributed by atoms with Crippen molar-refractivity contribution < 1.29 is 14.7 Å². The Bertz CT molecular complexity index is 1450. The highest BCUT2D eigenvalue weighted by Crippen LogP contribution is 2.29. The minimum absolute atomic E-state index is 0.173. The standard InChI is InChI=1S/C26H23N5O4/c32-24(20-10-4-5-11-27-20)30-15-13-29(14-16-30)22-19-9-6-12-28-23(19)31(25(33)21(22)26(34)35)17-18-7-2-1-3-8-18/h1-12H,13-17H2,(H,34,35). The average Bonchev–Trinajstić information content (AvgIpc) is 2.90. The van der Waals surface area contributed by atoms with E-state index in [2.05, 4.69) is 9.97 Å². The highest BCUT2D eigenvalue weighted by atomic mass is 16.4. The number of nitrogens with zero attached hydrogens (tertiary/aromatic N) is 5. The summed E-state index contributed by atoms with van der Waals surface area (Å²) < 4.78 is 1.42. The molecule has 9 heteroatoms. The fraction of sp³-hybridized carbons (Fsp3) is 0.192. The van der Waals surface area contributed by atoms with E-state index >= 15 is 0 Å². The third kappa shape index (κ3) is 4.23. The average molecular weight is 470 g/mol. The van der Waals surface area contributed by atoms with Gasteiger partial charge in [-0.05, 0) is 29.8 Å². The maximum atomic E-state index is 13.5. The number of carboxylic acid groups (broad SMARTS) is 1. The molecule has 3 aromatic heterocycles. The quantitative estimate of drug-likeness (QED) is 0.478. The highest BCUT2D eigenvalue weighted by Gasteiger charge is 2.30. The Balaban J connectivity index is 1.53. The van der Waals surface area contributed by atoms with E-state index in [4.69, 9.17) is 0 Å². The summed E-state index contributed by atoms with van der Waals surface area (Å²) >= 11 is 0. The molecule has 0 atom stereocenters. The van der Waals surface area contributed by atoms with Crippen LogP contribution in [0.1, 0.15) is 26.4 Å². The largest absolute Gasteiger partial charge is 0.477 e. The van der Waals surface area contributed by atoms with Crippen LogP contribution in [-0.4, -0.2) is 62.6 Å². The normalized spacial score (nSPS) is 13.7. The predicted molar refractivity (Wildman–Crippen MR) is 131 cm³/mol. The van der Waals surface area contributed by atoms with E-state index in [9.17, 15) is 19.5 Å². The third-order valence-corrected chi connectivity index (χ3v) is 6.16. The van der Waals surface area contributed by atoms with Gasteiger partial charge in [0.1, 0.15) is 16.9 Å². The minimum atomic E-state index is -1.29. The summed E-state index contributed by atoms with van der Waals surface area (Å²) in [4.78, 5) is 50.8. The first-order chi connectivity index (χ1) is 17.0. The molecule has 1 fully saturated rings. The van der Waals surface area contributed by atoms with Gasteiger partial charge in [-0.2, -0.15) is 0 Å². The number of anilines is 1. The van der Waals surface area contributed by atoms with Crippen LogP contribution in [-0.2, 0) is 6.54 Å². The first-order valence-corrected chi connectivity index (χ1v) is 11.3. The van der Waals surface area contributed by atoms with Crippen molar-refractivity contribution in [2.75, 3.05) is 31.1 Å². The second kappa shape index (κ2) is 9.38. The van der Waals surface area contributed by atoms with Gasteiger partial charge in [0.2, 0.25) is 0 Å². The molecule has 1 aliphatic rings. The summed E-state index contributed by atoms with van der Waals surface area (Å²) in [5.74, 6) is -1.46. The Labute approximate surface area is 200 Å². The Morgan fingerprint density at radius 1 is 0.857 bits per heavy atom. The maximum Gasteiger partial charge on any atom is 0.343 e. The first kappa shape index (κ1) is 22.3. The molecule has 4 heterocycles. The lowest BCUT2D eigenvalue weighted by Crippen LogP contribution is -2.50. The zero-order valence-electron chi connectivity index (χ0n) is 18.9. The van der Waals surface area contributed by atoms with Gasteiger partial charge in [0.25, 0.3) is 11.5 Å². The summed E-state index contributed by atoms with van der Waals surface area (Å²) in [6, 6.07) is 18.1. The molecular formula is C26H23N5O4. The number of rotatable bonds is 5. The van der Waals surface area contributed by atoms with Gasteiger partial charge in [0.05, 0.1) is 12.2 Å². The molecule has 35 heavy (non-hydrogen) atoms. The number of fused-ring (bicyclic) bond motifs is 1. The molecule has 1 amide bonds. The van der Waals surface area contributed by atoms with Gasteiger partial charge in [-0.1, -0.05) is 36.4 Å². The third-order valence-electron chi connectivity index (χ3n) is 6.16. The fourth-order valence-electron chi connectivity index (χ4n) is 4.48. The fourth-order valence-corrected chi connectivity index (χ4v) is 4.48. The van der Waals surface area contributed by atoms with E-state index in [1.165, 1.54) is 4.57 Å². The molecule has 1 N–H and O–H groups in total. The van der Waals surface area contributed by atoms with E-state index in [-0.39, 0.29) is 18.0 Å². The van der Waals surface area contributed by atoms with Crippen molar-refractivity contribution in [3.63, 3.8) is 0 Å². The van der Waals surface area contributed by atoms with Gasteiger partial charge in [0.15, 0.2) is 0 Å². The highest BCUT2D eigenvalue weighted by molar-refractivity contribution is 6.04. The lowest BCUT2D eigenvalue weighted by atomic mass is 10.1. The van der Waals surface area contributed by atoms with Crippen LogP contribution >= 0.6 is 0 Å². The Kier molecular flexibility index (Phi) is 5.97. The number of carboxylic acids is 1. The monoisotopic (exact) mass is 469 g/mol. The molecular weight excluding hydrogens is 446 g/mol. The van der Waals surface area contributed by atoms with Crippen LogP contribution < -0.4 is 10.5 Å². The molecule has 0 spiro atoms. The number of hydrogen-bond acceptors (Lipinski definition) is 6. The van der Waals surface area contributed by atoms with Gasteiger partial charge in [0, 0.05) is 44.0 Å². The molecule has 1 saturated heterocycles. The van der Waals surface area contributed by atoms with Gasteiger partial charge < -0.3 is 14.9 Å². The van der Waals surface area contributed by atoms with E-state index < -0.39 is 11.5 Å². The SMILES string of the molecule is O=C(O)c1c(N2CCN(C(=O)c3ccccn3)CC2)c2cccnc2n(Cc2ccccc2)c1=O. The topological polar surface area (TPSA) is 109 Å². The van der Waals surface area contributed by atoms with E-state index in [1.807, 2.05) is 35.2 Å². The lowest BCUT2D eigenvalue weighted by molar-refractivity contribution is 0.0690. The van der Waals surface area contributed by atoms with E-state index in [0.29, 0.717) is 48.6 Å². The van der Waals surface area contributed by atoms with Gasteiger partial charge in [-0.15, -0.1) is 0 Å². The van der Waals surface area contributed by atoms with Crippen LogP contribution in [0.3, 0.4) is 0 Å². The summed E-state index contributed by atoms with van der Waals surface area (Å²) in [5.41, 5.74) is 1.12. The number of aromatic nitrogens is 3. The van der Waals surface area contributed by atoms with Crippen LogP contribution in [0.2, 0.25) is 0 Å². The summed E-state index contributed by atoms with van der Waals surface area (Å²) in [6.45, 7) is 1.72. The first-order valence-electron chi connectivity index (χ1n) is 11.3. The molecule has 5 rings (SSSR count). The van der Waals surface area contributed by atoms with E-state index in [1.54, 1.807) is 47.6 Å². The molecule has 1 aromatic carbocycles. The van der Waals surface area contributed by atoms with Gasteiger partial charge in [-0.25, -0.2) is 9.78 Å². The van der Waals surface area contributed by atoms with Crippen molar-refractivity contribution in [1.82, 2.24) is 19.4 Å². The number of aromatic carboxylic acids is 1. The second-order valence-electron chi connectivity index (χ2n) is 8.27. The number of pyridine rings is 3. The Morgan fingerprint density at radius 2 is 1.57 bits per heavy atom. The van der Waals surface area contributed by atoms with Crippen molar-refractivity contribution >= 4 is 28.6 Å². The molecule has 176 valence electrons. The van der Waals surface area contributed by atoms with Crippen LogP contribution in [0.25, 0.3) is 11.0 Å². The van der Waals surface area contributed by atoms with Crippen molar-refractivity contribution in [2.24, 2.45) is 0 Å². The Hall–Kier alpha value is -4.53. The summed E-state index contributed by atoms with van der Waals surface area (Å²) in [6.07, 6.45) is 3.17. The number of carbonyl (C=O) groups is 2. The number of hydrogen-bond donors (Lipinski definition) is 1. The summed E-state index contributed by atoms with van der Waals surface area (Å²) in [5, 5.41) is 10.7. The van der Waals surface area contributed by atoms with Crippen LogP contribution in [0.15, 0.2) is 77.9 Å². The number of amides is 1. The Morgan fingerprint density at radius 3 is 2.26 bits per heavy atom. The zero-order chi connectivity index (χ0) is 24.4. The zero-order valence-corrected chi connectivity index (χ0v) is 18.9.